The van der Waals surface area contributed by atoms with E-state index in [0.717, 1.165) is 31.9 Å². The SMILES string of the molecule is Cc1cccc(C2(CCCOc3ccccc3)CNC2)c1. The summed E-state index contributed by atoms with van der Waals surface area (Å²) in [5, 5.41) is 3.44. The zero-order valence-electron chi connectivity index (χ0n) is 12.6. The van der Waals surface area contributed by atoms with E-state index in [-0.39, 0.29) is 0 Å². The van der Waals surface area contributed by atoms with Crippen LogP contribution in [0.25, 0.3) is 0 Å². The summed E-state index contributed by atoms with van der Waals surface area (Å²) in [7, 11) is 0. The van der Waals surface area contributed by atoms with Gasteiger partial charge in [0.25, 0.3) is 0 Å². The Hall–Kier alpha value is -1.80. The summed E-state index contributed by atoms with van der Waals surface area (Å²) in [6, 6.07) is 19.0. The molecule has 2 aromatic rings. The van der Waals surface area contributed by atoms with Crippen molar-refractivity contribution < 1.29 is 4.74 Å². The van der Waals surface area contributed by atoms with E-state index in [1.165, 1.54) is 17.5 Å². The Bertz CT molecular complexity index is 575. The van der Waals surface area contributed by atoms with Crippen LogP contribution in [0.4, 0.5) is 0 Å². The van der Waals surface area contributed by atoms with Crippen LogP contribution in [0.1, 0.15) is 24.0 Å². The molecule has 1 aliphatic rings. The number of hydrogen-bond donors (Lipinski definition) is 1. The number of aryl methyl sites for hydroxylation is 1. The monoisotopic (exact) mass is 281 g/mol. The maximum absolute atomic E-state index is 5.81. The molecule has 1 N–H and O–H groups in total. The molecule has 3 rings (SSSR count). The van der Waals surface area contributed by atoms with Crippen molar-refractivity contribution in [3.8, 4) is 5.75 Å². The maximum Gasteiger partial charge on any atom is 0.119 e. The molecule has 0 unspecified atom stereocenters. The first kappa shape index (κ1) is 14.2. The van der Waals surface area contributed by atoms with Gasteiger partial charge in [-0.3, -0.25) is 0 Å². The average molecular weight is 281 g/mol. The molecule has 0 spiro atoms. The van der Waals surface area contributed by atoms with Gasteiger partial charge in [-0.1, -0.05) is 48.0 Å². The van der Waals surface area contributed by atoms with E-state index < -0.39 is 0 Å². The molecule has 2 heteroatoms. The lowest BCUT2D eigenvalue weighted by Crippen LogP contribution is -2.56. The Morgan fingerprint density at radius 1 is 1.05 bits per heavy atom. The van der Waals surface area contributed by atoms with Crippen molar-refractivity contribution in [1.82, 2.24) is 5.32 Å². The fourth-order valence-corrected chi connectivity index (χ4v) is 3.04. The Kier molecular flexibility index (Phi) is 4.26. The molecular formula is C19H23NO. The lowest BCUT2D eigenvalue weighted by atomic mass is 9.71. The third kappa shape index (κ3) is 3.27. The lowest BCUT2D eigenvalue weighted by Gasteiger charge is -2.43. The number of hydrogen-bond acceptors (Lipinski definition) is 2. The largest absolute Gasteiger partial charge is 0.494 e. The molecule has 1 saturated heterocycles. The summed E-state index contributed by atoms with van der Waals surface area (Å²) in [6.07, 6.45) is 2.26. The minimum Gasteiger partial charge on any atom is -0.494 e. The van der Waals surface area contributed by atoms with Gasteiger partial charge in [0.2, 0.25) is 0 Å². The number of rotatable bonds is 6. The second-order valence-corrected chi connectivity index (χ2v) is 6.02. The molecular weight excluding hydrogens is 258 g/mol. The van der Waals surface area contributed by atoms with Crippen molar-refractivity contribution in [3.05, 3.63) is 65.7 Å². The van der Waals surface area contributed by atoms with Crippen LogP contribution in [0.5, 0.6) is 5.75 Å². The topological polar surface area (TPSA) is 21.3 Å². The highest BCUT2D eigenvalue weighted by atomic mass is 16.5. The normalized spacial score (nSPS) is 16.2. The fraction of sp³-hybridized carbons (Fsp3) is 0.368. The van der Waals surface area contributed by atoms with Gasteiger partial charge in [0.05, 0.1) is 6.61 Å². The molecule has 0 bridgehead atoms. The lowest BCUT2D eigenvalue weighted by molar-refractivity contribution is 0.223. The third-order valence-corrected chi connectivity index (χ3v) is 4.37. The van der Waals surface area contributed by atoms with Crippen LogP contribution in [0.2, 0.25) is 0 Å². The zero-order valence-corrected chi connectivity index (χ0v) is 12.6. The minimum atomic E-state index is 0.312. The molecule has 0 saturated carbocycles. The molecule has 0 radical (unpaired) electrons. The van der Waals surface area contributed by atoms with Gasteiger partial charge in [-0.25, -0.2) is 0 Å². The van der Waals surface area contributed by atoms with Gasteiger partial charge in [0.1, 0.15) is 5.75 Å². The molecule has 1 fully saturated rings. The summed E-state index contributed by atoms with van der Waals surface area (Å²) < 4.78 is 5.81. The van der Waals surface area contributed by atoms with Crippen LogP contribution >= 0.6 is 0 Å². The van der Waals surface area contributed by atoms with Crippen LogP contribution in [0.15, 0.2) is 54.6 Å². The van der Waals surface area contributed by atoms with E-state index in [1.54, 1.807) is 0 Å². The van der Waals surface area contributed by atoms with Crippen molar-refractivity contribution in [1.29, 1.82) is 0 Å². The summed E-state index contributed by atoms with van der Waals surface area (Å²) in [5.41, 5.74) is 3.13. The van der Waals surface area contributed by atoms with Crippen LogP contribution in [-0.2, 0) is 5.41 Å². The summed E-state index contributed by atoms with van der Waals surface area (Å²) in [5.74, 6) is 0.967. The Labute approximate surface area is 127 Å². The Morgan fingerprint density at radius 3 is 2.52 bits per heavy atom. The van der Waals surface area contributed by atoms with Crippen molar-refractivity contribution >= 4 is 0 Å². The summed E-state index contributed by atoms with van der Waals surface area (Å²) >= 11 is 0. The number of para-hydroxylation sites is 1. The second-order valence-electron chi connectivity index (χ2n) is 6.02. The first-order chi connectivity index (χ1) is 10.3. The van der Waals surface area contributed by atoms with E-state index in [4.69, 9.17) is 4.74 Å². The molecule has 110 valence electrons. The van der Waals surface area contributed by atoms with Crippen LogP contribution in [-0.4, -0.2) is 19.7 Å². The highest BCUT2D eigenvalue weighted by Gasteiger charge is 2.37. The van der Waals surface area contributed by atoms with Crippen LogP contribution in [0, 0.1) is 6.92 Å². The average Bonchev–Trinajstić information content (AvgIpc) is 2.47. The zero-order chi connectivity index (χ0) is 14.5. The molecule has 2 nitrogen and oxygen atoms in total. The standard InChI is InChI=1S/C19H23NO/c1-16-7-5-8-17(13-16)19(14-20-15-19)11-6-12-21-18-9-3-2-4-10-18/h2-5,7-10,13,20H,6,11-12,14-15H2,1H3. The van der Waals surface area contributed by atoms with Gasteiger partial charge < -0.3 is 10.1 Å². The van der Waals surface area contributed by atoms with Crippen molar-refractivity contribution in [3.63, 3.8) is 0 Å². The van der Waals surface area contributed by atoms with Crippen molar-refractivity contribution in [2.75, 3.05) is 19.7 Å². The molecule has 21 heavy (non-hydrogen) atoms. The van der Waals surface area contributed by atoms with Gasteiger partial charge in [0, 0.05) is 18.5 Å². The maximum atomic E-state index is 5.81. The highest BCUT2D eigenvalue weighted by Crippen LogP contribution is 2.33. The minimum absolute atomic E-state index is 0.312. The van der Waals surface area contributed by atoms with E-state index in [1.807, 2.05) is 30.3 Å². The molecule has 1 aliphatic heterocycles. The predicted molar refractivity (Wildman–Crippen MR) is 86.9 cm³/mol. The van der Waals surface area contributed by atoms with E-state index in [0.29, 0.717) is 5.41 Å². The summed E-state index contributed by atoms with van der Waals surface area (Å²) in [4.78, 5) is 0. The molecule has 0 atom stereocenters. The van der Waals surface area contributed by atoms with Gasteiger partial charge >= 0.3 is 0 Å². The highest BCUT2D eigenvalue weighted by molar-refractivity contribution is 5.33. The molecule has 1 heterocycles. The van der Waals surface area contributed by atoms with Crippen molar-refractivity contribution in [2.24, 2.45) is 0 Å². The fourth-order valence-electron chi connectivity index (χ4n) is 3.04. The van der Waals surface area contributed by atoms with Gasteiger partial charge in [-0.15, -0.1) is 0 Å². The Balaban J connectivity index is 1.55. The quantitative estimate of drug-likeness (QED) is 0.815. The van der Waals surface area contributed by atoms with Gasteiger partial charge in [0.15, 0.2) is 0 Å². The predicted octanol–water partition coefficient (Wildman–Crippen LogP) is 3.70. The van der Waals surface area contributed by atoms with Crippen LogP contribution < -0.4 is 10.1 Å². The van der Waals surface area contributed by atoms with E-state index in [9.17, 15) is 0 Å². The molecule has 0 aliphatic carbocycles. The van der Waals surface area contributed by atoms with Crippen LogP contribution in [0.3, 0.4) is 0 Å². The van der Waals surface area contributed by atoms with E-state index >= 15 is 0 Å². The second kappa shape index (κ2) is 6.31. The number of nitrogens with one attached hydrogen (secondary N) is 1. The smallest absolute Gasteiger partial charge is 0.119 e. The number of ether oxygens (including phenoxy) is 1. The van der Waals surface area contributed by atoms with Crippen molar-refractivity contribution in [2.45, 2.75) is 25.2 Å². The summed E-state index contributed by atoms with van der Waals surface area (Å²) in [6.45, 7) is 5.13. The van der Waals surface area contributed by atoms with Gasteiger partial charge in [-0.2, -0.15) is 0 Å². The first-order valence-electron chi connectivity index (χ1n) is 7.74. The molecule has 2 aromatic carbocycles. The molecule has 0 amide bonds. The third-order valence-electron chi connectivity index (χ3n) is 4.37. The number of benzene rings is 2. The van der Waals surface area contributed by atoms with Gasteiger partial charge in [-0.05, 0) is 37.5 Å². The first-order valence-corrected chi connectivity index (χ1v) is 7.74. The Morgan fingerprint density at radius 2 is 1.86 bits per heavy atom. The van der Waals surface area contributed by atoms with E-state index in [2.05, 4.69) is 36.5 Å². The molecule has 0 aromatic heterocycles.